The summed E-state index contributed by atoms with van der Waals surface area (Å²) in [6, 6.07) is 7.43. The highest BCUT2D eigenvalue weighted by Gasteiger charge is 2.27. The van der Waals surface area contributed by atoms with Crippen molar-refractivity contribution in [1.29, 1.82) is 0 Å². The summed E-state index contributed by atoms with van der Waals surface area (Å²) in [5.41, 5.74) is 1.10. The number of benzene rings is 1. The van der Waals surface area contributed by atoms with E-state index >= 15 is 0 Å². The molecule has 19 heavy (non-hydrogen) atoms. The zero-order valence-corrected chi connectivity index (χ0v) is 11.3. The van der Waals surface area contributed by atoms with Crippen molar-refractivity contribution in [3.63, 3.8) is 0 Å². The van der Waals surface area contributed by atoms with E-state index in [1.165, 1.54) is 0 Å². The Kier molecular flexibility index (Phi) is 6.15. The van der Waals surface area contributed by atoms with Crippen molar-refractivity contribution in [2.24, 2.45) is 0 Å². The van der Waals surface area contributed by atoms with Crippen molar-refractivity contribution >= 4 is 0 Å². The van der Waals surface area contributed by atoms with Crippen molar-refractivity contribution < 1.29 is 17.9 Å². The Labute approximate surface area is 112 Å². The van der Waals surface area contributed by atoms with E-state index in [9.17, 15) is 13.2 Å². The maximum atomic E-state index is 12.1. The molecule has 0 aromatic heterocycles. The molecule has 0 radical (unpaired) electrons. The number of hydrogen-bond acceptors (Lipinski definition) is 2. The van der Waals surface area contributed by atoms with Crippen molar-refractivity contribution in [3.8, 4) is 5.75 Å². The second kappa shape index (κ2) is 7.38. The summed E-state index contributed by atoms with van der Waals surface area (Å²) in [4.78, 5) is 0. The number of halogens is 3. The molecule has 0 saturated heterocycles. The van der Waals surface area contributed by atoms with Crippen LogP contribution in [0.5, 0.6) is 5.75 Å². The smallest absolute Gasteiger partial charge is 0.389 e. The second-order valence-corrected chi connectivity index (χ2v) is 4.59. The average molecular weight is 275 g/mol. The number of ether oxygens (including phenoxy) is 1. The largest absolute Gasteiger partial charge is 0.494 e. The topological polar surface area (TPSA) is 21.3 Å². The highest BCUT2D eigenvalue weighted by atomic mass is 19.4. The first-order valence-electron chi connectivity index (χ1n) is 6.34. The molecule has 0 aliphatic carbocycles. The molecule has 1 rings (SSSR count). The Balaban J connectivity index is 2.30. The predicted octanol–water partition coefficient (Wildman–Crippen LogP) is 3.69. The summed E-state index contributed by atoms with van der Waals surface area (Å²) < 4.78 is 41.9. The van der Waals surface area contributed by atoms with Crippen LogP contribution in [0.25, 0.3) is 0 Å². The highest BCUT2D eigenvalue weighted by molar-refractivity contribution is 5.27. The molecule has 1 aromatic rings. The van der Waals surface area contributed by atoms with Gasteiger partial charge in [0.25, 0.3) is 0 Å². The average Bonchev–Trinajstić information content (AvgIpc) is 2.32. The first kappa shape index (κ1) is 15.8. The minimum atomic E-state index is -4.09. The molecule has 0 amide bonds. The van der Waals surface area contributed by atoms with E-state index < -0.39 is 12.6 Å². The molecular weight excluding hydrogens is 255 g/mol. The zero-order chi connectivity index (χ0) is 14.3. The van der Waals surface area contributed by atoms with Crippen molar-refractivity contribution in [2.45, 2.75) is 38.4 Å². The zero-order valence-electron chi connectivity index (χ0n) is 11.3. The molecule has 108 valence electrons. The third kappa shape index (κ3) is 7.06. The van der Waals surface area contributed by atoms with E-state index in [-0.39, 0.29) is 12.5 Å². The lowest BCUT2D eigenvalue weighted by molar-refractivity contribution is -0.136. The maximum absolute atomic E-state index is 12.1. The van der Waals surface area contributed by atoms with Gasteiger partial charge in [0.15, 0.2) is 0 Å². The van der Waals surface area contributed by atoms with Gasteiger partial charge in [-0.05, 0) is 44.5 Å². The number of aryl methyl sites for hydroxylation is 1. The number of nitrogens with one attached hydrogen (secondary N) is 1. The summed E-state index contributed by atoms with van der Waals surface area (Å²) in [7, 11) is 1.67. The Morgan fingerprint density at radius 1 is 1.26 bits per heavy atom. The number of alkyl halides is 3. The first-order chi connectivity index (χ1) is 8.90. The lowest BCUT2D eigenvalue weighted by Gasteiger charge is -2.17. The van der Waals surface area contributed by atoms with Crippen LogP contribution in [0.15, 0.2) is 24.3 Å². The van der Waals surface area contributed by atoms with Gasteiger partial charge in [0.1, 0.15) is 5.75 Å². The van der Waals surface area contributed by atoms with Gasteiger partial charge < -0.3 is 10.1 Å². The van der Waals surface area contributed by atoms with Gasteiger partial charge in [-0.3, -0.25) is 0 Å². The third-order valence-electron chi connectivity index (χ3n) is 2.91. The van der Waals surface area contributed by atoms with Gasteiger partial charge in [-0.25, -0.2) is 0 Å². The normalized spacial score (nSPS) is 13.3. The minimum absolute atomic E-state index is 0.0805. The molecule has 1 N–H and O–H groups in total. The molecule has 0 aliphatic heterocycles. The highest BCUT2D eigenvalue weighted by Crippen LogP contribution is 2.23. The lowest BCUT2D eigenvalue weighted by atomic mass is 10.1. The monoisotopic (exact) mass is 275 g/mol. The Morgan fingerprint density at radius 2 is 2.00 bits per heavy atom. The van der Waals surface area contributed by atoms with E-state index in [1.54, 1.807) is 7.05 Å². The summed E-state index contributed by atoms with van der Waals surface area (Å²) in [5, 5.41) is 2.89. The fraction of sp³-hybridized carbons (Fsp3) is 0.571. The van der Waals surface area contributed by atoms with Crippen LogP contribution in [-0.4, -0.2) is 25.9 Å². The minimum Gasteiger partial charge on any atom is -0.494 e. The van der Waals surface area contributed by atoms with E-state index in [0.29, 0.717) is 13.0 Å². The standard InChI is InChI=1S/C14H20F3NO/c1-11-4-3-5-13(10-11)19-9-7-12(18-2)6-8-14(15,16)17/h3-5,10,12,18H,6-9H2,1-2H3. The van der Waals surface area contributed by atoms with Gasteiger partial charge >= 0.3 is 6.18 Å². The van der Waals surface area contributed by atoms with Crippen LogP contribution in [0.1, 0.15) is 24.8 Å². The molecule has 0 spiro atoms. The molecule has 5 heteroatoms. The van der Waals surface area contributed by atoms with Gasteiger partial charge in [0.05, 0.1) is 6.61 Å². The molecule has 0 fully saturated rings. The second-order valence-electron chi connectivity index (χ2n) is 4.59. The van der Waals surface area contributed by atoms with Crippen LogP contribution in [0.2, 0.25) is 0 Å². The Morgan fingerprint density at radius 3 is 2.58 bits per heavy atom. The molecule has 1 aromatic carbocycles. The van der Waals surface area contributed by atoms with Crippen LogP contribution in [0.4, 0.5) is 13.2 Å². The van der Waals surface area contributed by atoms with Gasteiger partial charge in [0, 0.05) is 12.5 Å². The molecular formula is C14H20F3NO. The van der Waals surface area contributed by atoms with Crippen LogP contribution in [0.3, 0.4) is 0 Å². The van der Waals surface area contributed by atoms with E-state index in [4.69, 9.17) is 4.74 Å². The van der Waals surface area contributed by atoms with Crippen molar-refractivity contribution in [2.75, 3.05) is 13.7 Å². The van der Waals surface area contributed by atoms with Gasteiger partial charge in [-0.2, -0.15) is 13.2 Å². The molecule has 1 unspecified atom stereocenters. The van der Waals surface area contributed by atoms with E-state index in [2.05, 4.69) is 5.32 Å². The summed E-state index contributed by atoms with van der Waals surface area (Å²) >= 11 is 0. The summed E-state index contributed by atoms with van der Waals surface area (Å²) in [5.74, 6) is 0.755. The van der Waals surface area contributed by atoms with E-state index in [0.717, 1.165) is 11.3 Å². The van der Waals surface area contributed by atoms with Crippen molar-refractivity contribution in [1.82, 2.24) is 5.32 Å². The molecule has 0 heterocycles. The Bertz CT molecular complexity index is 379. The van der Waals surface area contributed by atoms with Gasteiger partial charge in [0.2, 0.25) is 0 Å². The number of hydrogen-bond donors (Lipinski definition) is 1. The third-order valence-corrected chi connectivity index (χ3v) is 2.91. The van der Waals surface area contributed by atoms with Crippen LogP contribution < -0.4 is 10.1 Å². The molecule has 0 saturated carbocycles. The molecule has 0 aliphatic rings. The fourth-order valence-corrected chi connectivity index (χ4v) is 1.80. The molecule has 0 bridgehead atoms. The number of rotatable bonds is 7. The first-order valence-corrected chi connectivity index (χ1v) is 6.34. The quantitative estimate of drug-likeness (QED) is 0.819. The molecule has 1 atom stereocenters. The van der Waals surface area contributed by atoms with E-state index in [1.807, 2.05) is 31.2 Å². The fourth-order valence-electron chi connectivity index (χ4n) is 1.80. The predicted molar refractivity (Wildman–Crippen MR) is 69.4 cm³/mol. The van der Waals surface area contributed by atoms with Crippen LogP contribution >= 0.6 is 0 Å². The summed E-state index contributed by atoms with van der Waals surface area (Å²) in [6.07, 6.45) is -4.22. The maximum Gasteiger partial charge on any atom is 0.389 e. The summed E-state index contributed by atoms with van der Waals surface area (Å²) in [6.45, 7) is 2.37. The van der Waals surface area contributed by atoms with Crippen molar-refractivity contribution in [3.05, 3.63) is 29.8 Å². The van der Waals surface area contributed by atoms with Gasteiger partial charge in [-0.1, -0.05) is 12.1 Å². The van der Waals surface area contributed by atoms with Crippen LogP contribution in [0, 0.1) is 6.92 Å². The lowest BCUT2D eigenvalue weighted by Crippen LogP contribution is -2.29. The van der Waals surface area contributed by atoms with Crippen LogP contribution in [-0.2, 0) is 0 Å². The molecule has 2 nitrogen and oxygen atoms in total. The Hall–Kier alpha value is -1.23. The van der Waals surface area contributed by atoms with Gasteiger partial charge in [-0.15, -0.1) is 0 Å². The SMILES string of the molecule is CNC(CCOc1cccc(C)c1)CCC(F)(F)F.